The van der Waals surface area contributed by atoms with Gasteiger partial charge in [-0.1, -0.05) is 19.3 Å². The number of thiophene rings is 1. The van der Waals surface area contributed by atoms with Crippen LogP contribution in [0.2, 0.25) is 0 Å². The molecule has 2 N–H and O–H groups in total. The molecule has 1 aliphatic rings. The molecule has 1 fully saturated rings. The van der Waals surface area contributed by atoms with Crippen LogP contribution in [0, 0.1) is 0 Å². The third kappa shape index (κ3) is 3.90. The van der Waals surface area contributed by atoms with Crippen LogP contribution in [0.4, 0.5) is 11.4 Å². The molecule has 3 rings (SSSR count). The van der Waals surface area contributed by atoms with Crippen LogP contribution in [0.5, 0.6) is 0 Å². The summed E-state index contributed by atoms with van der Waals surface area (Å²) in [6.45, 7) is 0. The van der Waals surface area contributed by atoms with Gasteiger partial charge in [-0.3, -0.25) is 4.79 Å². The number of amides is 1. The van der Waals surface area contributed by atoms with E-state index in [9.17, 15) is 4.79 Å². The van der Waals surface area contributed by atoms with E-state index in [0.717, 1.165) is 15.8 Å². The summed E-state index contributed by atoms with van der Waals surface area (Å²) < 4.78 is 0.839. The van der Waals surface area contributed by atoms with Crippen molar-refractivity contribution < 1.29 is 4.79 Å². The Morgan fingerprint density at radius 2 is 1.73 bits per heavy atom. The molecule has 0 radical (unpaired) electrons. The minimum absolute atomic E-state index is 0.0742. The summed E-state index contributed by atoms with van der Waals surface area (Å²) in [7, 11) is 0. The zero-order valence-electron chi connectivity index (χ0n) is 12.3. The highest BCUT2D eigenvalue weighted by molar-refractivity contribution is 9.10. The molecule has 1 aromatic carbocycles. The fourth-order valence-corrected chi connectivity index (χ4v) is 4.22. The molecule has 0 saturated heterocycles. The van der Waals surface area contributed by atoms with E-state index in [1.807, 2.05) is 35.7 Å². The van der Waals surface area contributed by atoms with Crippen molar-refractivity contribution in [1.82, 2.24) is 0 Å². The maximum absolute atomic E-state index is 12.2. The van der Waals surface area contributed by atoms with Gasteiger partial charge in [0.1, 0.15) is 4.88 Å². The fourth-order valence-electron chi connectivity index (χ4n) is 2.78. The summed E-state index contributed by atoms with van der Waals surface area (Å²) in [5.41, 5.74) is 1.95. The van der Waals surface area contributed by atoms with Gasteiger partial charge in [0.2, 0.25) is 0 Å². The molecular formula is C17H19BrN2OS. The number of halogens is 1. The lowest BCUT2D eigenvalue weighted by Gasteiger charge is -2.23. The molecule has 0 spiro atoms. The van der Waals surface area contributed by atoms with Crippen molar-refractivity contribution in [3.8, 4) is 0 Å². The average Bonchev–Trinajstić information content (AvgIpc) is 2.96. The van der Waals surface area contributed by atoms with E-state index >= 15 is 0 Å². The molecule has 1 amide bonds. The summed E-state index contributed by atoms with van der Waals surface area (Å²) in [6, 6.07) is 10.4. The first kappa shape index (κ1) is 15.6. The summed E-state index contributed by atoms with van der Waals surface area (Å²) in [4.78, 5) is 12.9. The molecule has 116 valence electrons. The largest absolute Gasteiger partial charge is 0.382 e. The average molecular weight is 379 g/mol. The normalized spacial score (nSPS) is 15.5. The first-order valence-electron chi connectivity index (χ1n) is 7.63. The quantitative estimate of drug-likeness (QED) is 0.736. The molecule has 2 aromatic rings. The van der Waals surface area contributed by atoms with Crippen molar-refractivity contribution in [3.63, 3.8) is 0 Å². The van der Waals surface area contributed by atoms with Crippen molar-refractivity contribution >= 4 is 44.5 Å². The van der Waals surface area contributed by atoms with E-state index in [2.05, 4.69) is 26.6 Å². The maximum atomic E-state index is 12.2. The second-order valence-electron chi connectivity index (χ2n) is 5.61. The molecule has 0 atom stereocenters. The highest BCUT2D eigenvalue weighted by Gasteiger charge is 2.13. The van der Waals surface area contributed by atoms with Crippen molar-refractivity contribution in [2.24, 2.45) is 0 Å². The van der Waals surface area contributed by atoms with Crippen LogP contribution in [-0.2, 0) is 0 Å². The van der Waals surface area contributed by atoms with E-state index in [1.54, 1.807) is 0 Å². The van der Waals surface area contributed by atoms with Crippen LogP contribution in [-0.4, -0.2) is 11.9 Å². The number of carbonyl (C=O) groups is 1. The first-order valence-corrected chi connectivity index (χ1v) is 9.30. The summed E-state index contributed by atoms with van der Waals surface area (Å²) in [5, 5.41) is 8.41. The number of anilines is 2. The van der Waals surface area contributed by atoms with Gasteiger partial charge < -0.3 is 10.6 Å². The van der Waals surface area contributed by atoms with Crippen LogP contribution < -0.4 is 10.6 Å². The highest BCUT2D eigenvalue weighted by atomic mass is 79.9. The Bertz CT molecular complexity index is 632. The Hall–Kier alpha value is -1.33. The third-order valence-corrected chi connectivity index (χ3v) is 5.78. The number of hydrogen-bond acceptors (Lipinski definition) is 3. The number of carbonyl (C=O) groups excluding carboxylic acids is 1. The Kier molecular flexibility index (Phi) is 5.16. The molecule has 0 bridgehead atoms. The van der Waals surface area contributed by atoms with Gasteiger partial charge in [0.25, 0.3) is 5.91 Å². The molecule has 1 heterocycles. The smallest absolute Gasteiger partial charge is 0.266 e. The predicted molar refractivity (Wildman–Crippen MR) is 96.9 cm³/mol. The molecule has 22 heavy (non-hydrogen) atoms. The zero-order chi connectivity index (χ0) is 15.4. The molecule has 5 heteroatoms. The van der Waals surface area contributed by atoms with Crippen molar-refractivity contribution in [1.29, 1.82) is 0 Å². The zero-order valence-corrected chi connectivity index (χ0v) is 14.7. The fraction of sp³-hybridized carbons (Fsp3) is 0.353. The molecule has 1 aliphatic carbocycles. The molecule has 1 saturated carbocycles. The number of benzene rings is 1. The standard InChI is InChI=1S/C17H19BrN2OS/c18-15-10-11-22-16(15)17(21)20-14-8-6-13(7-9-14)19-12-4-2-1-3-5-12/h6-12,19H,1-5H2,(H,20,21). The second kappa shape index (κ2) is 7.29. The van der Waals surface area contributed by atoms with Crippen molar-refractivity contribution in [2.45, 2.75) is 38.1 Å². The number of rotatable bonds is 4. The summed E-state index contributed by atoms with van der Waals surface area (Å²) in [5.74, 6) is -0.0742. The van der Waals surface area contributed by atoms with Gasteiger partial charge in [-0.15, -0.1) is 11.3 Å². The van der Waals surface area contributed by atoms with Gasteiger partial charge in [-0.2, -0.15) is 0 Å². The van der Waals surface area contributed by atoms with Crippen LogP contribution in [0.3, 0.4) is 0 Å². The van der Waals surface area contributed by atoms with Gasteiger partial charge in [0, 0.05) is 21.9 Å². The third-order valence-electron chi connectivity index (χ3n) is 3.94. The Morgan fingerprint density at radius 3 is 2.36 bits per heavy atom. The van der Waals surface area contributed by atoms with Crippen LogP contribution in [0.15, 0.2) is 40.2 Å². The number of hydrogen-bond donors (Lipinski definition) is 2. The molecule has 0 unspecified atom stereocenters. The van der Waals surface area contributed by atoms with Crippen LogP contribution in [0.1, 0.15) is 41.8 Å². The first-order chi connectivity index (χ1) is 10.7. The van der Waals surface area contributed by atoms with E-state index in [4.69, 9.17) is 0 Å². The second-order valence-corrected chi connectivity index (χ2v) is 7.38. The Labute approximate surface area is 143 Å². The predicted octanol–water partition coefficient (Wildman–Crippen LogP) is 5.51. The van der Waals surface area contributed by atoms with E-state index in [1.165, 1.54) is 43.4 Å². The minimum Gasteiger partial charge on any atom is -0.382 e. The van der Waals surface area contributed by atoms with Gasteiger partial charge in [0.05, 0.1) is 0 Å². The van der Waals surface area contributed by atoms with Gasteiger partial charge in [0.15, 0.2) is 0 Å². The van der Waals surface area contributed by atoms with Gasteiger partial charge >= 0.3 is 0 Å². The van der Waals surface area contributed by atoms with Crippen LogP contribution in [0.25, 0.3) is 0 Å². The van der Waals surface area contributed by atoms with Crippen molar-refractivity contribution in [2.75, 3.05) is 10.6 Å². The lowest BCUT2D eigenvalue weighted by atomic mass is 9.95. The Balaban J connectivity index is 1.59. The Morgan fingerprint density at radius 1 is 1.05 bits per heavy atom. The monoisotopic (exact) mass is 378 g/mol. The summed E-state index contributed by atoms with van der Waals surface area (Å²) >= 11 is 4.82. The van der Waals surface area contributed by atoms with Crippen LogP contribution >= 0.6 is 27.3 Å². The van der Waals surface area contributed by atoms with Gasteiger partial charge in [-0.05, 0) is 64.5 Å². The lowest BCUT2D eigenvalue weighted by molar-refractivity contribution is 0.103. The van der Waals surface area contributed by atoms with Gasteiger partial charge in [-0.25, -0.2) is 0 Å². The van der Waals surface area contributed by atoms with E-state index < -0.39 is 0 Å². The van der Waals surface area contributed by atoms with Crippen molar-refractivity contribution in [3.05, 3.63) is 45.1 Å². The molecule has 3 nitrogen and oxygen atoms in total. The van der Waals surface area contributed by atoms with E-state index in [0.29, 0.717) is 10.9 Å². The summed E-state index contributed by atoms with van der Waals surface area (Å²) in [6.07, 6.45) is 6.51. The molecule has 0 aliphatic heterocycles. The molecular weight excluding hydrogens is 360 g/mol. The highest BCUT2D eigenvalue weighted by Crippen LogP contribution is 2.25. The SMILES string of the molecule is O=C(Nc1ccc(NC2CCCCC2)cc1)c1sccc1Br. The molecule has 1 aromatic heterocycles. The topological polar surface area (TPSA) is 41.1 Å². The van der Waals surface area contributed by atoms with E-state index in [-0.39, 0.29) is 5.91 Å². The maximum Gasteiger partial charge on any atom is 0.266 e. The minimum atomic E-state index is -0.0742. The lowest BCUT2D eigenvalue weighted by Crippen LogP contribution is -2.22. The number of nitrogens with one attached hydrogen (secondary N) is 2.